The van der Waals surface area contributed by atoms with Crippen molar-refractivity contribution in [3.63, 3.8) is 0 Å². The molecule has 0 rings (SSSR count). The normalized spacial score (nSPS) is 7.14. The minimum atomic E-state index is 0.344. The average molecular weight is 124 g/mol. The molecule has 0 saturated carbocycles. The van der Waals surface area contributed by atoms with E-state index in [9.17, 15) is 0 Å². The SMILES string of the molecule is CCCCO.O=[PH3]. The predicted molar refractivity (Wildman–Crippen MR) is 33.8 cm³/mol. The standard InChI is InChI=1S/C4H10O.H3OP/c1-2-3-4-5;1-2/h5H,2-4H2,1H3;2H3. The number of hydrogen-bond acceptors (Lipinski definition) is 2. The molecule has 0 aromatic carbocycles. The van der Waals surface area contributed by atoms with E-state index in [-0.39, 0.29) is 0 Å². The summed E-state index contributed by atoms with van der Waals surface area (Å²) in [6.45, 7) is 2.40. The van der Waals surface area contributed by atoms with Crippen molar-refractivity contribution in [2.24, 2.45) is 0 Å². The van der Waals surface area contributed by atoms with Gasteiger partial charge in [0.15, 0.2) is 0 Å². The average Bonchev–Trinajstić information content (AvgIpc) is 1.75. The first-order chi connectivity index (χ1) is 3.41. The Hall–Kier alpha value is 0.190. The van der Waals surface area contributed by atoms with Crippen LogP contribution in [0.25, 0.3) is 0 Å². The van der Waals surface area contributed by atoms with Gasteiger partial charge < -0.3 is 9.67 Å². The third-order valence-corrected chi connectivity index (χ3v) is 0.512. The van der Waals surface area contributed by atoms with Crippen LogP contribution >= 0.6 is 9.12 Å². The Bertz CT molecular complexity index is 23.7. The van der Waals surface area contributed by atoms with Crippen LogP contribution in [0, 0.1) is 0 Å². The van der Waals surface area contributed by atoms with Crippen LogP contribution in [0.2, 0.25) is 0 Å². The number of rotatable bonds is 2. The van der Waals surface area contributed by atoms with Gasteiger partial charge in [0.2, 0.25) is 0 Å². The number of unbranched alkanes of at least 4 members (excludes halogenated alkanes) is 1. The highest BCUT2D eigenvalue weighted by molar-refractivity contribution is 7.00. The van der Waals surface area contributed by atoms with E-state index in [0.717, 1.165) is 12.8 Å². The summed E-state index contributed by atoms with van der Waals surface area (Å²) in [6, 6.07) is 0. The molecule has 1 unspecified atom stereocenters. The van der Waals surface area contributed by atoms with Gasteiger partial charge >= 0.3 is 0 Å². The molecular formula is C4H13O2P. The van der Waals surface area contributed by atoms with E-state index in [1.54, 1.807) is 0 Å². The van der Waals surface area contributed by atoms with Crippen molar-refractivity contribution >= 4 is 9.12 Å². The van der Waals surface area contributed by atoms with Gasteiger partial charge in [-0.25, -0.2) is 0 Å². The third kappa shape index (κ3) is 22.7. The molecule has 46 valence electrons. The van der Waals surface area contributed by atoms with Gasteiger partial charge in [-0.05, 0) is 6.42 Å². The van der Waals surface area contributed by atoms with E-state index in [0.29, 0.717) is 15.7 Å². The lowest BCUT2D eigenvalue weighted by Gasteiger charge is -1.79. The van der Waals surface area contributed by atoms with E-state index >= 15 is 0 Å². The first kappa shape index (κ1) is 10.2. The molecule has 0 spiro atoms. The van der Waals surface area contributed by atoms with Gasteiger partial charge in [-0.3, -0.25) is 0 Å². The largest absolute Gasteiger partial charge is 0.396 e. The number of hydrogen-bond donors (Lipinski definition) is 1. The van der Waals surface area contributed by atoms with E-state index in [4.69, 9.17) is 9.67 Å². The molecule has 2 nitrogen and oxygen atoms in total. The molecule has 0 aliphatic rings. The number of aliphatic hydroxyl groups excluding tert-OH is 1. The van der Waals surface area contributed by atoms with Gasteiger partial charge in [0.05, 0.1) is 9.12 Å². The molecule has 0 bridgehead atoms. The zero-order valence-corrected chi connectivity index (χ0v) is 6.10. The molecular weight excluding hydrogens is 111 g/mol. The fourth-order valence-electron chi connectivity index (χ4n) is 0.158. The summed E-state index contributed by atoms with van der Waals surface area (Å²) >= 11 is 0. The van der Waals surface area contributed by atoms with Crippen molar-refractivity contribution in [1.29, 1.82) is 0 Å². The fraction of sp³-hybridized carbons (Fsp3) is 1.00. The Kier molecular flexibility index (Phi) is 23.9. The third-order valence-electron chi connectivity index (χ3n) is 0.512. The quantitative estimate of drug-likeness (QED) is 0.550. The second-order valence-corrected chi connectivity index (χ2v) is 1.08. The van der Waals surface area contributed by atoms with Gasteiger partial charge in [0, 0.05) is 6.61 Å². The van der Waals surface area contributed by atoms with Crippen LogP contribution in [-0.2, 0) is 4.57 Å². The van der Waals surface area contributed by atoms with Crippen molar-refractivity contribution in [3.8, 4) is 0 Å². The van der Waals surface area contributed by atoms with Crippen molar-refractivity contribution in [2.75, 3.05) is 6.61 Å². The van der Waals surface area contributed by atoms with Crippen molar-refractivity contribution in [3.05, 3.63) is 0 Å². The predicted octanol–water partition coefficient (Wildman–Crippen LogP) is 0.718. The minimum Gasteiger partial charge on any atom is -0.396 e. The Morgan fingerprint density at radius 2 is 2.00 bits per heavy atom. The molecule has 0 heterocycles. The van der Waals surface area contributed by atoms with Crippen LogP contribution in [0.4, 0.5) is 0 Å². The topological polar surface area (TPSA) is 37.3 Å². The summed E-state index contributed by atoms with van der Waals surface area (Å²) in [4.78, 5) is 0. The van der Waals surface area contributed by atoms with E-state index in [1.165, 1.54) is 0 Å². The van der Waals surface area contributed by atoms with Gasteiger partial charge in [0.1, 0.15) is 0 Å². The smallest absolute Gasteiger partial charge is 0.0527 e. The lowest BCUT2D eigenvalue weighted by molar-refractivity contribution is 0.287. The molecule has 1 N–H and O–H groups in total. The fourth-order valence-corrected chi connectivity index (χ4v) is 0.158. The Balaban J connectivity index is 0. The van der Waals surface area contributed by atoms with Gasteiger partial charge in [-0.2, -0.15) is 0 Å². The highest BCUT2D eigenvalue weighted by atomic mass is 31.0. The first-order valence-corrected chi connectivity index (χ1v) is 2.89. The van der Waals surface area contributed by atoms with Crippen LogP contribution in [0.1, 0.15) is 19.8 Å². The Morgan fingerprint density at radius 3 is 2.00 bits per heavy atom. The highest BCUT2D eigenvalue weighted by Gasteiger charge is 1.69. The minimum absolute atomic E-state index is 0.344. The molecule has 0 amide bonds. The van der Waals surface area contributed by atoms with E-state index < -0.39 is 0 Å². The number of aliphatic hydroxyl groups is 1. The molecule has 0 aliphatic heterocycles. The molecule has 1 atom stereocenters. The summed E-state index contributed by atoms with van der Waals surface area (Å²) in [5, 5.41) is 8.07. The second kappa shape index (κ2) is 16.4. The van der Waals surface area contributed by atoms with Crippen molar-refractivity contribution in [2.45, 2.75) is 19.8 Å². The Labute approximate surface area is 46.2 Å². The first-order valence-electron chi connectivity index (χ1n) is 2.31. The van der Waals surface area contributed by atoms with Crippen LogP contribution in [0.15, 0.2) is 0 Å². The maximum atomic E-state index is 8.28. The van der Waals surface area contributed by atoms with Crippen molar-refractivity contribution < 1.29 is 9.67 Å². The van der Waals surface area contributed by atoms with Crippen LogP contribution < -0.4 is 0 Å². The Morgan fingerprint density at radius 1 is 1.57 bits per heavy atom. The summed E-state index contributed by atoms with van der Waals surface area (Å²) in [5.74, 6) is 0. The summed E-state index contributed by atoms with van der Waals surface area (Å²) in [6.07, 6.45) is 2.04. The van der Waals surface area contributed by atoms with Crippen LogP contribution in [-0.4, -0.2) is 11.7 Å². The molecule has 0 aromatic rings. The summed E-state index contributed by atoms with van der Waals surface area (Å²) in [5.41, 5.74) is 0. The zero-order valence-electron chi connectivity index (χ0n) is 4.68. The van der Waals surface area contributed by atoms with Gasteiger partial charge in [0.25, 0.3) is 0 Å². The summed E-state index contributed by atoms with van der Waals surface area (Å²) < 4.78 is 8.28. The lowest BCUT2D eigenvalue weighted by atomic mass is 10.4. The molecule has 3 heteroatoms. The van der Waals surface area contributed by atoms with E-state index in [1.807, 2.05) is 0 Å². The van der Waals surface area contributed by atoms with Gasteiger partial charge in [-0.1, -0.05) is 13.3 Å². The molecule has 0 saturated heterocycles. The van der Waals surface area contributed by atoms with Crippen molar-refractivity contribution in [1.82, 2.24) is 0 Å². The monoisotopic (exact) mass is 124 g/mol. The lowest BCUT2D eigenvalue weighted by Crippen LogP contribution is -1.75. The zero-order chi connectivity index (χ0) is 6.12. The second-order valence-electron chi connectivity index (χ2n) is 1.08. The molecule has 0 aliphatic carbocycles. The van der Waals surface area contributed by atoms with Gasteiger partial charge in [-0.15, -0.1) is 0 Å². The van der Waals surface area contributed by atoms with Crippen LogP contribution in [0.5, 0.6) is 0 Å². The molecule has 0 fully saturated rings. The molecule has 7 heavy (non-hydrogen) atoms. The maximum Gasteiger partial charge on any atom is 0.0527 e. The summed E-state index contributed by atoms with van der Waals surface area (Å²) in [7, 11) is 0.611. The van der Waals surface area contributed by atoms with E-state index in [2.05, 4.69) is 6.92 Å². The van der Waals surface area contributed by atoms with Crippen LogP contribution in [0.3, 0.4) is 0 Å². The molecule has 0 radical (unpaired) electrons. The molecule has 0 aromatic heterocycles. The maximum absolute atomic E-state index is 8.28. The highest BCUT2D eigenvalue weighted by Crippen LogP contribution is 1.78.